The van der Waals surface area contributed by atoms with Gasteiger partial charge in [-0.15, -0.1) is 0 Å². The Balaban J connectivity index is 4.40. The highest BCUT2D eigenvalue weighted by atomic mass is 14.2. The van der Waals surface area contributed by atoms with Crippen LogP contribution < -0.4 is 0 Å². The van der Waals surface area contributed by atoms with E-state index in [1.807, 2.05) is 39.0 Å². The van der Waals surface area contributed by atoms with E-state index in [4.69, 9.17) is 5.26 Å². The van der Waals surface area contributed by atoms with Crippen LogP contribution in [0.3, 0.4) is 0 Å². The molecule has 0 atom stereocenters. The summed E-state index contributed by atoms with van der Waals surface area (Å²) in [6.07, 6.45) is 7.39. The molecule has 1 heteroatoms. The van der Waals surface area contributed by atoms with E-state index in [0.717, 1.165) is 0 Å². The van der Waals surface area contributed by atoms with Crippen molar-refractivity contribution in [3.63, 3.8) is 0 Å². The highest BCUT2D eigenvalue weighted by molar-refractivity contribution is 5.36. The Labute approximate surface area is 68.3 Å². The third-order valence-corrected chi connectivity index (χ3v) is 1.07. The summed E-state index contributed by atoms with van der Waals surface area (Å²) in [5.74, 6) is 0. The molecule has 0 amide bonds. The molecule has 0 radical (unpaired) electrons. The molecule has 58 valence electrons. The Morgan fingerprint density at radius 2 is 1.91 bits per heavy atom. The first-order valence-electron chi connectivity index (χ1n) is 3.58. The van der Waals surface area contributed by atoms with Gasteiger partial charge in [0.2, 0.25) is 0 Å². The second-order valence-corrected chi connectivity index (χ2v) is 2.48. The monoisotopic (exact) mass is 147 g/mol. The van der Waals surface area contributed by atoms with Crippen molar-refractivity contribution in [1.29, 1.82) is 5.26 Å². The van der Waals surface area contributed by atoms with Gasteiger partial charge in [-0.1, -0.05) is 17.7 Å². The van der Waals surface area contributed by atoms with Crippen LogP contribution in [0.2, 0.25) is 0 Å². The second-order valence-electron chi connectivity index (χ2n) is 2.48. The Morgan fingerprint density at radius 1 is 1.27 bits per heavy atom. The number of hydrogen-bond donors (Lipinski definition) is 0. The third kappa shape index (κ3) is 5.17. The SMILES string of the molecule is C/C=C\C(C#N)=C/C=C(C)C. The predicted octanol–water partition coefficient (Wildman–Crippen LogP) is 2.98. The fraction of sp³-hybridized carbons (Fsp3) is 0.300. The van der Waals surface area contributed by atoms with Crippen LogP contribution in [0.1, 0.15) is 20.8 Å². The van der Waals surface area contributed by atoms with Gasteiger partial charge >= 0.3 is 0 Å². The van der Waals surface area contributed by atoms with Crippen LogP contribution in [0, 0.1) is 11.3 Å². The van der Waals surface area contributed by atoms with E-state index in [1.54, 1.807) is 6.08 Å². The maximum absolute atomic E-state index is 8.57. The van der Waals surface area contributed by atoms with E-state index in [2.05, 4.69) is 6.07 Å². The maximum Gasteiger partial charge on any atom is 0.0991 e. The van der Waals surface area contributed by atoms with Gasteiger partial charge in [0.05, 0.1) is 11.6 Å². The normalized spacial score (nSPS) is 11.3. The second kappa shape index (κ2) is 5.49. The van der Waals surface area contributed by atoms with Crippen LogP contribution in [0.4, 0.5) is 0 Å². The van der Waals surface area contributed by atoms with Crippen molar-refractivity contribution in [2.75, 3.05) is 0 Å². The minimum Gasteiger partial charge on any atom is -0.192 e. The Bertz CT molecular complexity index is 232. The smallest absolute Gasteiger partial charge is 0.0991 e. The van der Waals surface area contributed by atoms with Crippen LogP contribution in [0.5, 0.6) is 0 Å². The molecular weight excluding hydrogens is 134 g/mol. The Kier molecular flexibility index (Phi) is 4.85. The van der Waals surface area contributed by atoms with E-state index in [9.17, 15) is 0 Å². The van der Waals surface area contributed by atoms with Gasteiger partial charge in [-0.2, -0.15) is 5.26 Å². The molecule has 0 aliphatic rings. The molecule has 0 unspecified atom stereocenters. The first kappa shape index (κ1) is 9.71. The summed E-state index contributed by atoms with van der Waals surface area (Å²) in [7, 11) is 0. The van der Waals surface area contributed by atoms with Crippen molar-refractivity contribution < 1.29 is 0 Å². The fourth-order valence-electron chi connectivity index (χ4n) is 0.566. The molecule has 0 saturated carbocycles. The van der Waals surface area contributed by atoms with Crippen LogP contribution >= 0.6 is 0 Å². The highest BCUT2D eigenvalue weighted by Crippen LogP contribution is 1.97. The average molecular weight is 147 g/mol. The standard InChI is InChI=1S/C10H13N/c1-4-5-10(8-11)7-6-9(2)3/h4-7H,1-3H3/b5-4-,10-7+. The summed E-state index contributed by atoms with van der Waals surface area (Å²) in [6.45, 7) is 5.90. The van der Waals surface area contributed by atoms with Crippen molar-refractivity contribution in [2.24, 2.45) is 0 Å². The van der Waals surface area contributed by atoms with Crippen molar-refractivity contribution in [3.05, 3.63) is 35.5 Å². The van der Waals surface area contributed by atoms with E-state index in [0.29, 0.717) is 5.57 Å². The van der Waals surface area contributed by atoms with E-state index in [1.165, 1.54) is 5.57 Å². The van der Waals surface area contributed by atoms with Gasteiger partial charge in [0, 0.05) is 0 Å². The van der Waals surface area contributed by atoms with Gasteiger partial charge < -0.3 is 0 Å². The largest absolute Gasteiger partial charge is 0.192 e. The predicted molar refractivity (Wildman–Crippen MR) is 47.9 cm³/mol. The lowest BCUT2D eigenvalue weighted by molar-refractivity contribution is 1.39. The lowest BCUT2D eigenvalue weighted by Crippen LogP contribution is -1.69. The fourth-order valence-corrected chi connectivity index (χ4v) is 0.566. The molecule has 0 heterocycles. The van der Waals surface area contributed by atoms with Crippen molar-refractivity contribution in [2.45, 2.75) is 20.8 Å². The summed E-state index contributed by atoms with van der Waals surface area (Å²) in [5, 5.41) is 8.57. The van der Waals surface area contributed by atoms with Gasteiger partial charge in [0.15, 0.2) is 0 Å². The Hall–Kier alpha value is -1.29. The maximum atomic E-state index is 8.57. The molecule has 0 rings (SSSR count). The lowest BCUT2D eigenvalue weighted by atomic mass is 10.2. The van der Waals surface area contributed by atoms with Crippen LogP contribution in [-0.2, 0) is 0 Å². The van der Waals surface area contributed by atoms with E-state index < -0.39 is 0 Å². The zero-order valence-corrected chi connectivity index (χ0v) is 7.26. The van der Waals surface area contributed by atoms with Gasteiger partial charge in [-0.25, -0.2) is 0 Å². The summed E-state index contributed by atoms with van der Waals surface area (Å²) in [5.41, 5.74) is 1.89. The average Bonchev–Trinajstić information content (AvgIpc) is 1.97. The number of nitriles is 1. The van der Waals surface area contributed by atoms with Gasteiger partial charge in [-0.3, -0.25) is 0 Å². The van der Waals surface area contributed by atoms with Crippen LogP contribution in [-0.4, -0.2) is 0 Å². The first-order chi connectivity index (χ1) is 5.20. The molecule has 0 aromatic rings. The van der Waals surface area contributed by atoms with Gasteiger partial charge in [0.25, 0.3) is 0 Å². The van der Waals surface area contributed by atoms with Gasteiger partial charge in [-0.05, 0) is 32.9 Å². The zero-order valence-electron chi connectivity index (χ0n) is 7.26. The van der Waals surface area contributed by atoms with Crippen molar-refractivity contribution >= 4 is 0 Å². The quantitative estimate of drug-likeness (QED) is 0.435. The van der Waals surface area contributed by atoms with Gasteiger partial charge in [0.1, 0.15) is 0 Å². The van der Waals surface area contributed by atoms with Crippen LogP contribution in [0.25, 0.3) is 0 Å². The van der Waals surface area contributed by atoms with E-state index >= 15 is 0 Å². The molecule has 0 aromatic carbocycles. The summed E-state index contributed by atoms with van der Waals surface area (Å²) in [6, 6.07) is 2.09. The van der Waals surface area contributed by atoms with Crippen molar-refractivity contribution in [3.8, 4) is 6.07 Å². The Morgan fingerprint density at radius 3 is 2.27 bits per heavy atom. The highest BCUT2D eigenvalue weighted by Gasteiger charge is 1.83. The molecule has 0 spiro atoms. The molecule has 0 N–H and O–H groups in total. The zero-order chi connectivity index (χ0) is 8.69. The number of hydrogen-bond acceptors (Lipinski definition) is 1. The van der Waals surface area contributed by atoms with Crippen molar-refractivity contribution in [1.82, 2.24) is 0 Å². The van der Waals surface area contributed by atoms with Crippen LogP contribution in [0.15, 0.2) is 35.5 Å². The topological polar surface area (TPSA) is 23.8 Å². The molecular formula is C10H13N. The summed E-state index contributed by atoms with van der Waals surface area (Å²) in [4.78, 5) is 0. The molecule has 0 aromatic heterocycles. The first-order valence-corrected chi connectivity index (χ1v) is 3.58. The molecule has 0 saturated heterocycles. The number of allylic oxidation sites excluding steroid dienone is 6. The molecule has 11 heavy (non-hydrogen) atoms. The summed E-state index contributed by atoms with van der Waals surface area (Å²) < 4.78 is 0. The molecule has 0 aliphatic heterocycles. The minimum absolute atomic E-state index is 0.689. The third-order valence-electron chi connectivity index (χ3n) is 1.07. The minimum atomic E-state index is 0.689. The molecule has 0 fully saturated rings. The molecule has 0 bridgehead atoms. The van der Waals surface area contributed by atoms with E-state index in [-0.39, 0.29) is 0 Å². The number of rotatable bonds is 2. The molecule has 0 aliphatic carbocycles. The number of nitrogens with zero attached hydrogens (tertiary/aromatic N) is 1. The summed E-state index contributed by atoms with van der Waals surface area (Å²) >= 11 is 0. The lowest BCUT2D eigenvalue weighted by Gasteiger charge is -1.85. The molecule has 1 nitrogen and oxygen atoms in total.